The van der Waals surface area contributed by atoms with Crippen LogP contribution in [0.4, 0.5) is 5.69 Å². The number of nitriles is 1. The van der Waals surface area contributed by atoms with E-state index >= 15 is 0 Å². The van der Waals surface area contributed by atoms with Crippen molar-refractivity contribution in [3.63, 3.8) is 0 Å². The maximum Gasteiger partial charge on any atom is 0.115 e. The Labute approximate surface area is 81.5 Å². The van der Waals surface area contributed by atoms with E-state index in [2.05, 4.69) is 4.99 Å². The largest absolute Gasteiger partial charge is 0.386 e. The lowest BCUT2D eigenvalue weighted by molar-refractivity contribution is 1.43. The predicted octanol–water partition coefficient (Wildman–Crippen LogP) is 1.79. The fraction of sp³-hybridized carbons (Fsp3) is 0.111. The molecule has 0 aromatic heterocycles. The zero-order valence-electron chi connectivity index (χ0n) is 6.87. The SMILES string of the molecule is N#Cc1ccc(N=C(N)CCl)cc1. The maximum absolute atomic E-state index is 8.52. The Kier molecular flexibility index (Phi) is 3.30. The maximum atomic E-state index is 8.52. The second-order valence-electron chi connectivity index (χ2n) is 2.40. The van der Waals surface area contributed by atoms with Crippen LogP contribution in [0, 0.1) is 11.3 Å². The minimum absolute atomic E-state index is 0.208. The van der Waals surface area contributed by atoms with E-state index in [0.717, 1.165) is 0 Å². The van der Waals surface area contributed by atoms with E-state index in [9.17, 15) is 0 Å². The van der Waals surface area contributed by atoms with Gasteiger partial charge in [0.25, 0.3) is 0 Å². The van der Waals surface area contributed by atoms with E-state index in [4.69, 9.17) is 22.6 Å². The van der Waals surface area contributed by atoms with E-state index < -0.39 is 0 Å². The Balaban J connectivity index is 2.88. The third-order valence-corrected chi connectivity index (χ3v) is 1.68. The van der Waals surface area contributed by atoms with Crippen molar-refractivity contribution >= 4 is 23.1 Å². The number of hydrogen-bond donors (Lipinski definition) is 1. The van der Waals surface area contributed by atoms with E-state index in [0.29, 0.717) is 17.1 Å². The van der Waals surface area contributed by atoms with E-state index in [1.165, 1.54) is 0 Å². The molecule has 0 aliphatic rings. The van der Waals surface area contributed by atoms with Crippen molar-refractivity contribution < 1.29 is 0 Å². The Morgan fingerprint density at radius 3 is 2.54 bits per heavy atom. The van der Waals surface area contributed by atoms with Gasteiger partial charge in [0.1, 0.15) is 5.84 Å². The average Bonchev–Trinajstić information content (AvgIpc) is 2.19. The molecule has 0 heterocycles. The van der Waals surface area contributed by atoms with Crippen molar-refractivity contribution in [2.75, 3.05) is 5.88 Å². The molecule has 2 N–H and O–H groups in total. The van der Waals surface area contributed by atoms with E-state index in [-0.39, 0.29) is 5.88 Å². The lowest BCUT2D eigenvalue weighted by Crippen LogP contribution is -2.12. The Bertz CT molecular complexity index is 348. The molecule has 0 aliphatic carbocycles. The van der Waals surface area contributed by atoms with Crippen molar-refractivity contribution in [1.29, 1.82) is 5.26 Å². The highest BCUT2D eigenvalue weighted by molar-refractivity contribution is 6.28. The van der Waals surface area contributed by atoms with Gasteiger partial charge in [-0.1, -0.05) is 0 Å². The minimum atomic E-state index is 0.208. The molecule has 3 nitrogen and oxygen atoms in total. The molecule has 0 saturated carbocycles. The number of nitrogens with zero attached hydrogens (tertiary/aromatic N) is 2. The summed E-state index contributed by atoms with van der Waals surface area (Å²) in [5, 5.41) is 8.52. The first-order valence-electron chi connectivity index (χ1n) is 3.65. The van der Waals surface area contributed by atoms with Gasteiger partial charge in [0.15, 0.2) is 0 Å². The quantitative estimate of drug-likeness (QED) is 0.442. The van der Waals surface area contributed by atoms with Gasteiger partial charge >= 0.3 is 0 Å². The molecule has 0 bridgehead atoms. The van der Waals surface area contributed by atoms with Crippen LogP contribution in [0.2, 0.25) is 0 Å². The molecule has 66 valence electrons. The second kappa shape index (κ2) is 4.48. The third-order valence-electron chi connectivity index (χ3n) is 1.41. The number of rotatable bonds is 2. The highest BCUT2D eigenvalue weighted by Gasteiger charge is 1.92. The minimum Gasteiger partial charge on any atom is -0.386 e. The third kappa shape index (κ3) is 2.77. The molecule has 1 aromatic carbocycles. The van der Waals surface area contributed by atoms with Crippen molar-refractivity contribution in [2.24, 2.45) is 10.7 Å². The topological polar surface area (TPSA) is 62.2 Å². The number of nitrogens with two attached hydrogens (primary N) is 1. The molecule has 0 atom stereocenters. The van der Waals surface area contributed by atoms with E-state index in [1.807, 2.05) is 6.07 Å². The van der Waals surface area contributed by atoms with Crippen LogP contribution in [0.25, 0.3) is 0 Å². The second-order valence-corrected chi connectivity index (χ2v) is 2.66. The summed E-state index contributed by atoms with van der Waals surface area (Å²) in [7, 11) is 0. The summed E-state index contributed by atoms with van der Waals surface area (Å²) in [5.74, 6) is 0.575. The van der Waals surface area contributed by atoms with Gasteiger partial charge in [-0.05, 0) is 24.3 Å². The first-order valence-corrected chi connectivity index (χ1v) is 4.19. The molecular formula is C9H8ClN3. The van der Waals surface area contributed by atoms with Crippen LogP contribution >= 0.6 is 11.6 Å². The van der Waals surface area contributed by atoms with Gasteiger partial charge in [0.05, 0.1) is 23.2 Å². The summed E-state index contributed by atoms with van der Waals surface area (Å²) in [6, 6.07) is 8.82. The smallest absolute Gasteiger partial charge is 0.115 e. The molecule has 1 rings (SSSR count). The number of amidine groups is 1. The molecule has 13 heavy (non-hydrogen) atoms. The van der Waals surface area contributed by atoms with Crippen molar-refractivity contribution in [3.05, 3.63) is 29.8 Å². The van der Waals surface area contributed by atoms with Crippen molar-refractivity contribution in [3.8, 4) is 6.07 Å². The lowest BCUT2D eigenvalue weighted by Gasteiger charge is -1.95. The monoisotopic (exact) mass is 193 g/mol. The molecule has 0 unspecified atom stereocenters. The number of halogens is 1. The van der Waals surface area contributed by atoms with Crippen LogP contribution in [0.15, 0.2) is 29.3 Å². The normalized spacial score (nSPS) is 10.9. The first-order chi connectivity index (χ1) is 6.26. The molecule has 0 aliphatic heterocycles. The molecule has 0 radical (unpaired) electrons. The fourth-order valence-electron chi connectivity index (χ4n) is 0.806. The van der Waals surface area contributed by atoms with Gasteiger partial charge in [-0.3, -0.25) is 0 Å². The van der Waals surface area contributed by atoms with Crippen LogP contribution in [0.3, 0.4) is 0 Å². The van der Waals surface area contributed by atoms with Gasteiger partial charge in [0.2, 0.25) is 0 Å². The summed E-state index contributed by atoms with van der Waals surface area (Å²) in [6.45, 7) is 0. The molecule has 0 spiro atoms. The summed E-state index contributed by atoms with van der Waals surface area (Å²) < 4.78 is 0. The van der Waals surface area contributed by atoms with Gasteiger partial charge in [-0.2, -0.15) is 5.26 Å². The Hall–Kier alpha value is -1.53. The summed E-state index contributed by atoms with van der Waals surface area (Å²) in [4.78, 5) is 4.01. The van der Waals surface area contributed by atoms with Gasteiger partial charge < -0.3 is 5.73 Å². The molecule has 0 amide bonds. The van der Waals surface area contributed by atoms with Crippen LogP contribution < -0.4 is 5.73 Å². The number of benzene rings is 1. The van der Waals surface area contributed by atoms with Crippen LogP contribution in [-0.4, -0.2) is 11.7 Å². The average molecular weight is 194 g/mol. The van der Waals surface area contributed by atoms with Gasteiger partial charge in [0, 0.05) is 0 Å². The van der Waals surface area contributed by atoms with Gasteiger partial charge in [-0.15, -0.1) is 11.6 Å². The first kappa shape index (κ1) is 9.56. The standard InChI is InChI=1S/C9H8ClN3/c10-5-9(12)13-8-3-1-7(6-11)2-4-8/h1-4H,5H2,(H2,12,13). The molecule has 4 heteroatoms. The van der Waals surface area contributed by atoms with Crippen molar-refractivity contribution in [2.45, 2.75) is 0 Å². The number of alkyl halides is 1. The summed E-state index contributed by atoms with van der Waals surface area (Å²) >= 11 is 5.45. The van der Waals surface area contributed by atoms with Crippen LogP contribution in [0.1, 0.15) is 5.56 Å². The molecule has 1 aromatic rings. The van der Waals surface area contributed by atoms with Crippen molar-refractivity contribution in [1.82, 2.24) is 0 Å². The highest BCUT2D eigenvalue weighted by Crippen LogP contribution is 2.12. The molecular weight excluding hydrogens is 186 g/mol. The van der Waals surface area contributed by atoms with E-state index in [1.54, 1.807) is 24.3 Å². The summed E-state index contributed by atoms with van der Waals surface area (Å²) in [6.07, 6.45) is 0. The molecule has 0 saturated heterocycles. The Morgan fingerprint density at radius 1 is 1.46 bits per heavy atom. The van der Waals surface area contributed by atoms with Gasteiger partial charge in [-0.25, -0.2) is 4.99 Å². The Morgan fingerprint density at radius 2 is 2.08 bits per heavy atom. The number of hydrogen-bond acceptors (Lipinski definition) is 2. The van der Waals surface area contributed by atoms with Crippen LogP contribution in [-0.2, 0) is 0 Å². The highest BCUT2D eigenvalue weighted by atomic mass is 35.5. The zero-order valence-corrected chi connectivity index (χ0v) is 7.62. The lowest BCUT2D eigenvalue weighted by atomic mass is 10.2. The predicted molar refractivity (Wildman–Crippen MR) is 53.2 cm³/mol. The molecule has 0 fully saturated rings. The fourth-order valence-corrected chi connectivity index (χ4v) is 0.866. The number of aliphatic imine (C=N–C) groups is 1. The zero-order chi connectivity index (χ0) is 9.68. The summed E-state index contributed by atoms with van der Waals surface area (Å²) in [5.41, 5.74) is 6.73. The van der Waals surface area contributed by atoms with Crippen LogP contribution in [0.5, 0.6) is 0 Å².